The second kappa shape index (κ2) is 4.30. The molecule has 0 bridgehead atoms. The molecule has 16 heavy (non-hydrogen) atoms. The molecule has 0 saturated heterocycles. The molecule has 2 heteroatoms. The topological polar surface area (TPSA) is 41.8 Å². The van der Waals surface area contributed by atoms with Crippen LogP contribution in [0.2, 0.25) is 0 Å². The lowest BCUT2D eigenvalue weighted by atomic mass is 10.0. The van der Waals surface area contributed by atoms with Gasteiger partial charge >= 0.3 is 0 Å². The fourth-order valence-electron chi connectivity index (χ4n) is 2.33. The van der Waals surface area contributed by atoms with Crippen LogP contribution in [0, 0.1) is 13.8 Å². The first-order valence-electron chi connectivity index (χ1n) is 5.90. The molecular formula is C14H20N2. The van der Waals surface area contributed by atoms with Crippen molar-refractivity contribution >= 4 is 10.9 Å². The minimum absolute atomic E-state index is 0.274. The molecule has 0 aliphatic heterocycles. The summed E-state index contributed by atoms with van der Waals surface area (Å²) in [6.07, 6.45) is 4.22. The third-order valence-electron chi connectivity index (χ3n) is 3.07. The van der Waals surface area contributed by atoms with Gasteiger partial charge in [-0.25, -0.2) is 0 Å². The number of aromatic amines is 1. The third-order valence-corrected chi connectivity index (χ3v) is 3.07. The first-order valence-corrected chi connectivity index (χ1v) is 5.90. The van der Waals surface area contributed by atoms with Crippen LogP contribution in [0.1, 0.15) is 30.0 Å². The smallest absolute Gasteiger partial charge is 0.0462 e. The molecule has 86 valence electrons. The number of benzene rings is 1. The van der Waals surface area contributed by atoms with Crippen LogP contribution in [0.3, 0.4) is 0 Å². The SMILES string of the molecule is Cc1cc(C)c2c(CCC(C)N)c[nH]c2c1. The first kappa shape index (κ1) is 11.2. The van der Waals surface area contributed by atoms with Gasteiger partial charge < -0.3 is 10.7 Å². The summed E-state index contributed by atoms with van der Waals surface area (Å²) in [5.74, 6) is 0. The van der Waals surface area contributed by atoms with Crippen molar-refractivity contribution < 1.29 is 0 Å². The Balaban J connectivity index is 2.40. The highest BCUT2D eigenvalue weighted by molar-refractivity contribution is 5.87. The molecule has 1 atom stereocenters. The minimum atomic E-state index is 0.274. The largest absolute Gasteiger partial charge is 0.361 e. The first-order chi connectivity index (χ1) is 7.58. The van der Waals surface area contributed by atoms with Gasteiger partial charge in [0.25, 0.3) is 0 Å². The molecule has 2 rings (SSSR count). The lowest BCUT2D eigenvalue weighted by molar-refractivity contribution is 0.668. The number of hydrogen-bond donors (Lipinski definition) is 2. The Labute approximate surface area is 96.9 Å². The number of rotatable bonds is 3. The molecule has 0 aliphatic carbocycles. The monoisotopic (exact) mass is 216 g/mol. The van der Waals surface area contributed by atoms with Gasteiger partial charge in [0.05, 0.1) is 0 Å². The maximum absolute atomic E-state index is 5.81. The predicted octanol–water partition coefficient (Wildman–Crippen LogP) is 3.06. The standard InChI is InChI=1S/C14H20N2/c1-9-6-10(2)14-12(5-4-11(3)15)8-16-13(14)7-9/h6-8,11,16H,4-5,15H2,1-3H3. The number of H-pyrrole nitrogens is 1. The summed E-state index contributed by atoms with van der Waals surface area (Å²) in [5.41, 5.74) is 11.1. The Hall–Kier alpha value is -1.28. The van der Waals surface area contributed by atoms with E-state index in [2.05, 4.69) is 44.1 Å². The molecule has 0 radical (unpaired) electrons. The van der Waals surface area contributed by atoms with Crippen molar-refractivity contribution in [2.45, 2.75) is 39.7 Å². The fourth-order valence-corrected chi connectivity index (χ4v) is 2.33. The van der Waals surface area contributed by atoms with Crippen molar-refractivity contribution in [1.82, 2.24) is 4.98 Å². The number of aromatic nitrogens is 1. The molecule has 1 heterocycles. The Kier molecular flexibility index (Phi) is 3.01. The van der Waals surface area contributed by atoms with Crippen LogP contribution in [0.15, 0.2) is 18.3 Å². The lowest BCUT2D eigenvalue weighted by Crippen LogP contribution is -2.15. The van der Waals surface area contributed by atoms with Gasteiger partial charge in [-0.1, -0.05) is 6.07 Å². The maximum atomic E-state index is 5.81. The van der Waals surface area contributed by atoms with Crippen LogP contribution in [-0.2, 0) is 6.42 Å². The van der Waals surface area contributed by atoms with E-state index in [9.17, 15) is 0 Å². The molecule has 0 amide bonds. The summed E-state index contributed by atoms with van der Waals surface area (Å²) in [5, 5.41) is 1.38. The summed E-state index contributed by atoms with van der Waals surface area (Å²) in [4.78, 5) is 3.35. The highest BCUT2D eigenvalue weighted by Crippen LogP contribution is 2.24. The van der Waals surface area contributed by atoms with E-state index in [1.165, 1.54) is 27.6 Å². The molecule has 0 aliphatic rings. The highest BCUT2D eigenvalue weighted by atomic mass is 14.7. The Bertz CT molecular complexity index is 495. The van der Waals surface area contributed by atoms with E-state index >= 15 is 0 Å². The third kappa shape index (κ3) is 2.12. The van der Waals surface area contributed by atoms with Crippen LogP contribution >= 0.6 is 0 Å². The van der Waals surface area contributed by atoms with Crippen molar-refractivity contribution in [3.05, 3.63) is 35.0 Å². The highest BCUT2D eigenvalue weighted by Gasteiger charge is 2.07. The number of hydrogen-bond acceptors (Lipinski definition) is 1. The van der Waals surface area contributed by atoms with Crippen molar-refractivity contribution in [2.75, 3.05) is 0 Å². The molecule has 2 nitrogen and oxygen atoms in total. The maximum Gasteiger partial charge on any atom is 0.0462 e. The van der Waals surface area contributed by atoms with Gasteiger partial charge in [-0.15, -0.1) is 0 Å². The normalized spacial score (nSPS) is 13.2. The van der Waals surface area contributed by atoms with Gasteiger partial charge in [-0.2, -0.15) is 0 Å². The zero-order valence-corrected chi connectivity index (χ0v) is 10.3. The quantitative estimate of drug-likeness (QED) is 0.813. The van der Waals surface area contributed by atoms with Gasteiger partial charge in [0.2, 0.25) is 0 Å². The number of nitrogens with one attached hydrogen (secondary N) is 1. The Morgan fingerprint density at radius 2 is 2.06 bits per heavy atom. The summed E-state index contributed by atoms with van der Waals surface area (Å²) in [6, 6.07) is 4.72. The lowest BCUT2D eigenvalue weighted by Gasteiger charge is -2.05. The molecule has 2 aromatic rings. The summed E-state index contributed by atoms with van der Waals surface area (Å²) in [6.45, 7) is 6.37. The van der Waals surface area contributed by atoms with Crippen molar-refractivity contribution in [1.29, 1.82) is 0 Å². The van der Waals surface area contributed by atoms with Crippen molar-refractivity contribution in [3.63, 3.8) is 0 Å². The number of fused-ring (bicyclic) bond motifs is 1. The van der Waals surface area contributed by atoms with Gasteiger partial charge in [0.15, 0.2) is 0 Å². The predicted molar refractivity (Wildman–Crippen MR) is 69.7 cm³/mol. The Morgan fingerprint density at radius 1 is 1.31 bits per heavy atom. The van der Waals surface area contributed by atoms with E-state index in [4.69, 9.17) is 5.73 Å². The van der Waals surface area contributed by atoms with E-state index in [1.54, 1.807) is 0 Å². The van der Waals surface area contributed by atoms with Crippen molar-refractivity contribution in [2.24, 2.45) is 5.73 Å². The van der Waals surface area contributed by atoms with E-state index in [1.807, 2.05) is 0 Å². The molecule has 1 unspecified atom stereocenters. The average molecular weight is 216 g/mol. The van der Waals surface area contributed by atoms with Crippen LogP contribution in [-0.4, -0.2) is 11.0 Å². The molecule has 0 fully saturated rings. The Morgan fingerprint density at radius 3 is 2.75 bits per heavy atom. The van der Waals surface area contributed by atoms with Crippen LogP contribution in [0.5, 0.6) is 0 Å². The van der Waals surface area contributed by atoms with Gasteiger partial charge in [-0.05, 0) is 56.4 Å². The van der Waals surface area contributed by atoms with Crippen LogP contribution in [0.4, 0.5) is 0 Å². The van der Waals surface area contributed by atoms with E-state index < -0.39 is 0 Å². The zero-order chi connectivity index (χ0) is 11.7. The molecule has 0 spiro atoms. The van der Waals surface area contributed by atoms with E-state index in [0.29, 0.717) is 0 Å². The molecule has 1 aromatic carbocycles. The molecule has 3 N–H and O–H groups in total. The summed E-state index contributed by atoms with van der Waals surface area (Å²) in [7, 11) is 0. The van der Waals surface area contributed by atoms with Gasteiger partial charge in [-0.3, -0.25) is 0 Å². The summed E-state index contributed by atoms with van der Waals surface area (Å²) >= 11 is 0. The van der Waals surface area contributed by atoms with Crippen LogP contribution < -0.4 is 5.73 Å². The fraction of sp³-hybridized carbons (Fsp3) is 0.429. The molecule has 1 aromatic heterocycles. The average Bonchev–Trinajstić information content (AvgIpc) is 2.57. The van der Waals surface area contributed by atoms with Gasteiger partial charge in [0.1, 0.15) is 0 Å². The second-order valence-corrected chi connectivity index (χ2v) is 4.83. The number of nitrogens with two attached hydrogens (primary N) is 1. The molecular weight excluding hydrogens is 196 g/mol. The summed E-state index contributed by atoms with van der Waals surface area (Å²) < 4.78 is 0. The number of aryl methyl sites for hydroxylation is 3. The van der Waals surface area contributed by atoms with Crippen molar-refractivity contribution in [3.8, 4) is 0 Å². The molecule has 0 saturated carbocycles. The van der Waals surface area contributed by atoms with E-state index in [0.717, 1.165) is 12.8 Å². The van der Waals surface area contributed by atoms with Crippen LogP contribution in [0.25, 0.3) is 10.9 Å². The second-order valence-electron chi connectivity index (χ2n) is 4.83. The van der Waals surface area contributed by atoms with Gasteiger partial charge in [0, 0.05) is 23.1 Å². The van der Waals surface area contributed by atoms with E-state index in [-0.39, 0.29) is 6.04 Å². The zero-order valence-electron chi connectivity index (χ0n) is 10.3. The minimum Gasteiger partial charge on any atom is -0.361 e.